The number of nitrogens with zero attached hydrogens (tertiary/aromatic N) is 3. The fraction of sp³-hybridized carbons (Fsp3) is 0.429. The number of ether oxygens (including phenoxy) is 1. The standard InChI is InChI=1S/C14H18N4OS2/c1-15-12-9-6-4-5-7-10(9)19-8-11(12)20-14-17-16-13(21-14)18(2)3/h4-7,11-12,15H,8H2,1-3H3. The van der Waals surface area contributed by atoms with Crippen LogP contribution >= 0.6 is 23.1 Å². The van der Waals surface area contributed by atoms with Gasteiger partial charge in [-0.2, -0.15) is 0 Å². The summed E-state index contributed by atoms with van der Waals surface area (Å²) in [6, 6.07) is 8.46. The van der Waals surface area contributed by atoms with E-state index in [4.69, 9.17) is 4.74 Å². The van der Waals surface area contributed by atoms with Gasteiger partial charge in [-0.3, -0.25) is 0 Å². The summed E-state index contributed by atoms with van der Waals surface area (Å²) in [6.07, 6.45) is 0. The quantitative estimate of drug-likeness (QED) is 0.933. The number of fused-ring (bicyclic) bond motifs is 1. The van der Waals surface area contributed by atoms with E-state index in [1.54, 1.807) is 23.1 Å². The van der Waals surface area contributed by atoms with Crippen molar-refractivity contribution in [2.75, 3.05) is 32.6 Å². The molecule has 0 saturated heterocycles. The lowest BCUT2D eigenvalue weighted by molar-refractivity contribution is 0.265. The topological polar surface area (TPSA) is 50.3 Å². The lowest BCUT2D eigenvalue weighted by atomic mass is 10.0. The monoisotopic (exact) mass is 322 g/mol. The van der Waals surface area contributed by atoms with Crippen LogP contribution in [-0.4, -0.2) is 43.2 Å². The van der Waals surface area contributed by atoms with Crippen LogP contribution in [0.25, 0.3) is 0 Å². The summed E-state index contributed by atoms with van der Waals surface area (Å²) in [4.78, 5) is 1.98. The molecular weight excluding hydrogens is 304 g/mol. The first-order chi connectivity index (χ1) is 10.2. The zero-order valence-corrected chi connectivity index (χ0v) is 13.9. The molecule has 0 fully saturated rings. The summed E-state index contributed by atoms with van der Waals surface area (Å²) in [6.45, 7) is 0.671. The summed E-state index contributed by atoms with van der Waals surface area (Å²) in [7, 11) is 5.95. The van der Waals surface area contributed by atoms with Crippen LogP contribution in [0.1, 0.15) is 11.6 Å². The molecule has 2 atom stereocenters. The van der Waals surface area contributed by atoms with Crippen LogP contribution in [0.4, 0.5) is 5.13 Å². The van der Waals surface area contributed by atoms with E-state index in [0.717, 1.165) is 15.2 Å². The first kappa shape index (κ1) is 14.6. The molecule has 5 nitrogen and oxygen atoms in total. The highest BCUT2D eigenvalue weighted by Gasteiger charge is 2.31. The average Bonchev–Trinajstić information content (AvgIpc) is 2.96. The Hall–Kier alpha value is -1.31. The van der Waals surface area contributed by atoms with Gasteiger partial charge in [-0.05, 0) is 13.1 Å². The molecule has 7 heteroatoms. The van der Waals surface area contributed by atoms with Gasteiger partial charge >= 0.3 is 0 Å². The van der Waals surface area contributed by atoms with Crippen molar-refractivity contribution in [3.05, 3.63) is 29.8 Å². The summed E-state index contributed by atoms with van der Waals surface area (Å²) >= 11 is 3.34. The summed E-state index contributed by atoms with van der Waals surface area (Å²) in [5.74, 6) is 0.972. The van der Waals surface area contributed by atoms with Gasteiger partial charge in [0.05, 0.1) is 11.3 Å². The molecule has 0 aliphatic carbocycles. The maximum atomic E-state index is 5.88. The second kappa shape index (κ2) is 6.21. The van der Waals surface area contributed by atoms with Crippen molar-refractivity contribution in [1.82, 2.24) is 15.5 Å². The Balaban J connectivity index is 1.79. The Morgan fingerprint density at radius 3 is 2.86 bits per heavy atom. The smallest absolute Gasteiger partial charge is 0.208 e. The number of rotatable bonds is 4. The first-order valence-corrected chi connectivity index (χ1v) is 8.45. The van der Waals surface area contributed by atoms with Gasteiger partial charge in [-0.1, -0.05) is 41.3 Å². The van der Waals surface area contributed by atoms with Crippen LogP contribution in [-0.2, 0) is 0 Å². The second-order valence-corrected chi connectivity index (χ2v) is 7.46. The van der Waals surface area contributed by atoms with Crippen molar-refractivity contribution in [2.45, 2.75) is 15.6 Å². The van der Waals surface area contributed by atoms with Gasteiger partial charge < -0.3 is 15.0 Å². The van der Waals surface area contributed by atoms with Crippen LogP contribution < -0.4 is 15.0 Å². The molecule has 1 aliphatic rings. The fourth-order valence-electron chi connectivity index (χ4n) is 2.34. The molecule has 0 saturated carbocycles. The Morgan fingerprint density at radius 2 is 2.14 bits per heavy atom. The van der Waals surface area contributed by atoms with E-state index in [-0.39, 0.29) is 11.3 Å². The molecule has 21 heavy (non-hydrogen) atoms. The molecular formula is C14H18N4OS2. The largest absolute Gasteiger partial charge is 0.492 e. The number of hydrogen-bond donors (Lipinski definition) is 1. The second-order valence-electron chi connectivity index (χ2n) is 5.02. The Kier molecular flexibility index (Phi) is 4.32. The minimum Gasteiger partial charge on any atom is -0.492 e. The molecule has 2 aromatic rings. The van der Waals surface area contributed by atoms with Gasteiger partial charge in [0.15, 0.2) is 4.34 Å². The lowest BCUT2D eigenvalue weighted by Gasteiger charge is -2.32. The van der Waals surface area contributed by atoms with Gasteiger partial charge in [0.2, 0.25) is 5.13 Å². The third-order valence-electron chi connectivity index (χ3n) is 3.37. The number of thioether (sulfide) groups is 1. The van der Waals surface area contributed by atoms with E-state index in [0.29, 0.717) is 6.61 Å². The number of aromatic nitrogens is 2. The highest BCUT2D eigenvalue weighted by atomic mass is 32.2. The van der Waals surface area contributed by atoms with Gasteiger partial charge in [0.1, 0.15) is 12.4 Å². The SMILES string of the molecule is CNC1c2ccccc2OCC1Sc1nnc(N(C)C)s1. The molecule has 1 aromatic heterocycles. The number of anilines is 1. The lowest BCUT2D eigenvalue weighted by Crippen LogP contribution is -2.35. The van der Waals surface area contributed by atoms with Gasteiger partial charge in [-0.15, -0.1) is 10.2 Å². The molecule has 1 aromatic carbocycles. The Labute approximate surface area is 132 Å². The van der Waals surface area contributed by atoms with Crippen LogP contribution in [0.2, 0.25) is 0 Å². The van der Waals surface area contributed by atoms with Crippen LogP contribution in [0.15, 0.2) is 28.6 Å². The van der Waals surface area contributed by atoms with E-state index >= 15 is 0 Å². The maximum Gasteiger partial charge on any atom is 0.208 e. The number of para-hydroxylation sites is 1. The molecule has 0 spiro atoms. The predicted molar refractivity (Wildman–Crippen MR) is 87.6 cm³/mol. The van der Waals surface area contributed by atoms with Crippen molar-refractivity contribution in [3.8, 4) is 5.75 Å². The Bertz CT molecular complexity index is 617. The van der Waals surface area contributed by atoms with E-state index in [2.05, 4.69) is 27.6 Å². The molecule has 0 amide bonds. The summed E-state index contributed by atoms with van der Waals surface area (Å²) in [5.41, 5.74) is 1.21. The highest BCUT2D eigenvalue weighted by molar-refractivity contribution is 8.01. The fourth-order valence-corrected chi connectivity index (χ4v) is 4.53. The van der Waals surface area contributed by atoms with E-state index in [9.17, 15) is 0 Å². The Morgan fingerprint density at radius 1 is 1.33 bits per heavy atom. The molecule has 0 radical (unpaired) electrons. The van der Waals surface area contributed by atoms with Gasteiger partial charge in [0.25, 0.3) is 0 Å². The van der Waals surface area contributed by atoms with Gasteiger partial charge in [0, 0.05) is 19.7 Å². The molecule has 0 bridgehead atoms. The molecule has 112 valence electrons. The number of hydrogen-bond acceptors (Lipinski definition) is 7. The van der Waals surface area contributed by atoms with Crippen LogP contribution in [0.5, 0.6) is 5.75 Å². The zero-order chi connectivity index (χ0) is 14.8. The highest BCUT2D eigenvalue weighted by Crippen LogP contribution is 2.41. The van der Waals surface area contributed by atoms with Crippen molar-refractivity contribution in [3.63, 3.8) is 0 Å². The van der Waals surface area contributed by atoms with Crippen molar-refractivity contribution in [1.29, 1.82) is 0 Å². The number of nitrogens with one attached hydrogen (secondary N) is 1. The molecule has 1 N–H and O–H groups in total. The summed E-state index contributed by atoms with van der Waals surface area (Å²) in [5, 5.41) is 13.1. The minimum atomic E-state index is 0.256. The molecule has 3 rings (SSSR count). The zero-order valence-electron chi connectivity index (χ0n) is 12.2. The van der Waals surface area contributed by atoms with E-state index in [1.165, 1.54) is 5.56 Å². The molecule has 1 aliphatic heterocycles. The summed E-state index contributed by atoms with van der Waals surface area (Å²) < 4.78 is 6.86. The molecule has 2 heterocycles. The van der Waals surface area contributed by atoms with E-state index in [1.807, 2.05) is 38.2 Å². The third-order valence-corrected chi connectivity index (χ3v) is 5.79. The third kappa shape index (κ3) is 3.00. The molecule has 2 unspecified atom stereocenters. The van der Waals surface area contributed by atoms with Gasteiger partial charge in [-0.25, -0.2) is 0 Å². The van der Waals surface area contributed by atoms with Crippen molar-refractivity contribution in [2.24, 2.45) is 0 Å². The van der Waals surface area contributed by atoms with Crippen molar-refractivity contribution < 1.29 is 4.74 Å². The maximum absolute atomic E-state index is 5.88. The predicted octanol–water partition coefficient (Wildman–Crippen LogP) is 2.42. The minimum absolute atomic E-state index is 0.256. The van der Waals surface area contributed by atoms with Crippen molar-refractivity contribution >= 4 is 28.2 Å². The number of benzene rings is 1. The first-order valence-electron chi connectivity index (χ1n) is 6.75. The van der Waals surface area contributed by atoms with Crippen LogP contribution in [0, 0.1) is 0 Å². The normalized spacial score (nSPS) is 20.7. The van der Waals surface area contributed by atoms with E-state index < -0.39 is 0 Å². The van der Waals surface area contributed by atoms with Crippen LogP contribution in [0.3, 0.4) is 0 Å². The average molecular weight is 322 g/mol.